The summed E-state index contributed by atoms with van der Waals surface area (Å²) in [4.78, 5) is 23.2. The topological polar surface area (TPSA) is 91.5 Å². The van der Waals surface area contributed by atoms with Gasteiger partial charge in [0.05, 0.1) is 6.10 Å². The predicted molar refractivity (Wildman–Crippen MR) is 92.9 cm³/mol. The van der Waals surface area contributed by atoms with Crippen LogP contribution in [-0.2, 0) is 4.74 Å². The molecule has 0 spiro atoms. The highest BCUT2D eigenvalue weighted by molar-refractivity contribution is 5.74. The fourth-order valence-corrected chi connectivity index (χ4v) is 3.41. The van der Waals surface area contributed by atoms with Gasteiger partial charge in [-0.25, -0.2) is 9.59 Å². The standard InChI is InChI=1S/C17H32N4O3/c1-2-18-16(22)19-10-13-5-7-14(8-6-13)11-20-17(23)21-12-15-4-3-9-24-15/h13-15H,2-12H2,1H3,(H2,18,19,22)(H2,20,21,23). The van der Waals surface area contributed by atoms with E-state index in [0.29, 0.717) is 24.9 Å². The maximum atomic E-state index is 11.8. The Balaban J connectivity index is 1.51. The second kappa shape index (κ2) is 10.4. The van der Waals surface area contributed by atoms with Gasteiger partial charge in [0.1, 0.15) is 0 Å². The number of hydrogen-bond donors (Lipinski definition) is 4. The normalized spacial score (nSPS) is 26.6. The smallest absolute Gasteiger partial charge is 0.314 e. The highest BCUT2D eigenvalue weighted by atomic mass is 16.5. The summed E-state index contributed by atoms with van der Waals surface area (Å²) in [6, 6.07) is -0.172. The van der Waals surface area contributed by atoms with Crippen molar-refractivity contribution in [2.24, 2.45) is 11.8 Å². The van der Waals surface area contributed by atoms with Gasteiger partial charge >= 0.3 is 12.1 Å². The molecule has 1 atom stereocenters. The Bertz CT molecular complexity index is 391. The molecule has 2 fully saturated rings. The average Bonchev–Trinajstić information content (AvgIpc) is 3.11. The molecule has 1 heterocycles. The lowest BCUT2D eigenvalue weighted by atomic mass is 9.82. The van der Waals surface area contributed by atoms with Crippen LogP contribution in [0.1, 0.15) is 45.4 Å². The molecule has 4 amide bonds. The minimum absolute atomic E-state index is 0.0794. The predicted octanol–water partition coefficient (Wildman–Crippen LogP) is 1.59. The van der Waals surface area contributed by atoms with Crippen molar-refractivity contribution in [3.63, 3.8) is 0 Å². The molecule has 1 aliphatic heterocycles. The Morgan fingerprint density at radius 2 is 1.38 bits per heavy atom. The van der Waals surface area contributed by atoms with Crippen LogP contribution >= 0.6 is 0 Å². The van der Waals surface area contributed by atoms with Crippen molar-refractivity contribution in [1.82, 2.24) is 21.3 Å². The van der Waals surface area contributed by atoms with Crippen LogP contribution in [0.15, 0.2) is 0 Å². The molecule has 2 rings (SSSR count). The number of carbonyl (C=O) groups is 2. The molecule has 7 heteroatoms. The van der Waals surface area contributed by atoms with Crippen LogP contribution in [0.5, 0.6) is 0 Å². The quantitative estimate of drug-likeness (QED) is 0.567. The van der Waals surface area contributed by atoms with Crippen LogP contribution < -0.4 is 21.3 Å². The molecule has 138 valence electrons. The van der Waals surface area contributed by atoms with Gasteiger partial charge in [-0.3, -0.25) is 0 Å². The highest BCUT2D eigenvalue weighted by Crippen LogP contribution is 2.27. The monoisotopic (exact) mass is 340 g/mol. The highest BCUT2D eigenvalue weighted by Gasteiger charge is 2.22. The van der Waals surface area contributed by atoms with Crippen LogP contribution in [0.4, 0.5) is 9.59 Å². The molecule has 1 unspecified atom stereocenters. The van der Waals surface area contributed by atoms with Crippen LogP contribution in [-0.4, -0.2) is 51.0 Å². The van der Waals surface area contributed by atoms with Crippen molar-refractivity contribution in [2.45, 2.75) is 51.6 Å². The first-order chi connectivity index (χ1) is 11.7. The maximum Gasteiger partial charge on any atom is 0.314 e. The van der Waals surface area contributed by atoms with E-state index in [1.165, 1.54) is 0 Å². The first-order valence-electron chi connectivity index (χ1n) is 9.32. The van der Waals surface area contributed by atoms with Crippen LogP contribution in [0.25, 0.3) is 0 Å². The van der Waals surface area contributed by atoms with Gasteiger partial charge in [-0.2, -0.15) is 0 Å². The maximum absolute atomic E-state index is 11.8. The lowest BCUT2D eigenvalue weighted by Gasteiger charge is -2.28. The average molecular weight is 340 g/mol. The lowest BCUT2D eigenvalue weighted by Crippen LogP contribution is -2.42. The molecule has 0 radical (unpaired) electrons. The molecule has 1 saturated carbocycles. The van der Waals surface area contributed by atoms with E-state index >= 15 is 0 Å². The van der Waals surface area contributed by atoms with E-state index in [9.17, 15) is 9.59 Å². The van der Waals surface area contributed by atoms with E-state index in [0.717, 1.165) is 58.2 Å². The largest absolute Gasteiger partial charge is 0.376 e. The Morgan fingerprint density at radius 1 is 0.833 bits per heavy atom. The number of carbonyl (C=O) groups excluding carboxylic acids is 2. The molecule has 1 aliphatic carbocycles. The third-order valence-electron chi connectivity index (χ3n) is 4.92. The fourth-order valence-electron chi connectivity index (χ4n) is 3.41. The van der Waals surface area contributed by atoms with E-state index in [1.807, 2.05) is 6.92 Å². The van der Waals surface area contributed by atoms with Crippen molar-refractivity contribution in [1.29, 1.82) is 0 Å². The van der Waals surface area contributed by atoms with Crippen molar-refractivity contribution in [3.05, 3.63) is 0 Å². The molecular formula is C17H32N4O3. The van der Waals surface area contributed by atoms with Crippen molar-refractivity contribution in [3.8, 4) is 0 Å². The summed E-state index contributed by atoms with van der Waals surface area (Å²) in [5.41, 5.74) is 0. The van der Waals surface area contributed by atoms with E-state index in [1.54, 1.807) is 0 Å². The van der Waals surface area contributed by atoms with E-state index in [2.05, 4.69) is 21.3 Å². The molecular weight excluding hydrogens is 308 g/mol. The second-order valence-electron chi connectivity index (χ2n) is 6.85. The molecule has 0 aromatic carbocycles. The Labute approximate surface area is 144 Å². The zero-order valence-corrected chi connectivity index (χ0v) is 14.7. The Hall–Kier alpha value is -1.50. The summed E-state index contributed by atoms with van der Waals surface area (Å²) in [6.07, 6.45) is 6.73. The lowest BCUT2D eigenvalue weighted by molar-refractivity contribution is 0.111. The van der Waals surface area contributed by atoms with Gasteiger partial charge in [-0.15, -0.1) is 0 Å². The fraction of sp³-hybridized carbons (Fsp3) is 0.882. The minimum Gasteiger partial charge on any atom is -0.376 e. The van der Waals surface area contributed by atoms with E-state index in [4.69, 9.17) is 4.74 Å². The SMILES string of the molecule is CCNC(=O)NCC1CCC(CNC(=O)NCC2CCCO2)CC1. The van der Waals surface area contributed by atoms with Crippen molar-refractivity contribution in [2.75, 3.05) is 32.8 Å². The Kier molecular flexibility index (Phi) is 8.15. The molecule has 0 aromatic rings. The molecule has 0 bridgehead atoms. The number of rotatable bonds is 7. The molecule has 2 aliphatic rings. The number of hydrogen-bond acceptors (Lipinski definition) is 3. The van der Waals surface area contributed by atoms with Gasteiger partial charge in [-0.05, 0) is 57.3 Å². The molecule has 24 heavy (non-hydrogen) atoms. The van der Waals surface area contributed by atoms with Gasteiger partial charge < -0.3 is 26.0 Å². The molecule has 7 nitrogen and oxygen atoms in total. The first kappa shape index (κ1) is 18.8. The van der Waals surface area contributed by atoms with Gasteiger partial charge in [-0.1, -0.05) is 0 Å². The van der Waals surface area contributed by atoms with Crippen LogP contribution in [0.2, 0.25) is 0 Å². The van der Waals surface area contributed by atoms with Crippen molar-refractivity contribution >= 4 is 12.1 Å². The summed E-state index contributed by atoms with van der Waals surface area (Å²) in [5.74, 6) is 1.09. The van der Waals surface area contributed by atoms with Crippen LogP contribution in [0, 0.1) is 11.8 Å². The zero-order chi connectivity index (χ0) is 17.2. The van der Waals surface area contributed by atoms with Gasteiger partial charge in [0.25, 0.3) is 0 Å². The zero-order valence-electron chi connectivity index (χ0n) is 14.7. The van der Waals surface area contributed by atoms with Gasteiger partial charge in [0, 0.05) is 32.8 Å². The van der Waals surface area contributed by atoms with E-state index < -0.39 is 0 Å². The third-order valence-corrected chi connectivity index (χ3v) is 4.92. The first-order valence-corrected chi connectivity index (χ1v) is 9.32. The molecule has 0 aromatic heterocycles. The third kappa shape index (κ3) is 6.95. The summed E-state index contributed by atoms with van der Waals surface area (Å²) >= 11 is 0. The van der Waals surface area contributed by atoms with E-state index in [-0.39, 0.29) is 18.2 Å². The minimum atomic E-state index is -0.0921. The molecule has 4 N–H and O–H groups in total. The number of amides is 4. The van der Waals surface area contributed by atoms with Crippen molar-refractivity contribution < 1.29 is 14.3 Å². The molecule has 1 saturated heterocycles. The summed E-state index contributed by atoms with van der Waals surface area (Å²) in [6.45, 7) is 5.45. The Morgan fingerprint density at radius 3 is 1.88 bits per heavy atom. The van der Waals surface area contributed by atoms with Gasteiger partial charge in [0.2, 0.25) is 0 Å². The summed E-state index contributed by atoms with van der Waals surface area (Å²) in [5, 5.41) is 11.5. The van der Waals surface area contributed by atoms with Gasteiger partial charge in [0.15, 0.2) is 0 Å². The summed E-state index contributed by atoms with van der Waals surface area (Å²) < 4.78 is 5.49. The number of ether oxygens (including phenoxy) is 1. The second-order valence-corrected chi connectivity index (χ2v) is 6.85. The number of urea groups is 2. The van der Waals surface area contributed by atoms with Crippen LogP contribution in [0.3, 0.4) is 0 Å². The number of nitrogens with one attached hydrogen (secondary N) is 4. The summed E-state index contributed by atoms with van der Waals surface area (Å²) in [7, 11) is 0.